The fourth-order valence-corrected chi connectivity index (χ4v) is 5.53. The molecule has 1 fully saturated rings. The molecule has 5 heterocycles. The van der Waals surface area contributed by atoms with E-state index in [1.165, 1.54) is 6.07 Å². The van der Waals surface area contributed by atoms with Gasteiger partial charge in [0.05, 0.1) is 17.3 Å². The normalized spacial score (nSPS) is 15.6. The molecule has 1 aliphatic heterocycles. The van der Waals surface area contributed by atoms with Gasteiger partial charge in [0.15, 0.2) is 16.4 Å². The highest BCUT2D eigenvalue weighted by Crippen LogP contribution is 2.26. The number of nitrogens with zero attached hydrogens (tertiary/aromatic N) is 6. The summed E-state index contributed by atoms with van der Waals surface area (Å²) < 4.78 is 16.3. The predicted molar refractivity (Wildman–Crippen MR) is 164 cm³/mol. The van der Waals surface area contributed by atoms with Crippen molar-refractivity contribution < 1.29 is 4.39 Å². The predicted octanol–water partition coefficient (Wildman–Crippen LogP) is 5.96. The van der Waals surface area contributed by atoms with Gasteiger partial charge in [0, 0.05) is 67.6 Å². The standard InChI is InChI=1S/C30H34ClFN6O.H2S/c1-19(2)38-17-23(28(39)26-13-27(32)29(31)35-30(26)38)16-37(15-22-9-10-33-21(4)12-22)25-6-5-11-36(18-25)24-8-7-20(3)34-14-24;/h7-10,12-14,17,19,25H,5-6,11,15-16,18H2,1-4H3;1H2/t25-;/m0./s1. The van der Waals surface area contributed by atoms with Crippen molar-refractivity contribution in [2.75, 3.05) is 18.0 Å². The van der Waals surface area contributed by atoms with Gasteiger partial charge in [-0.3, -0.25) is 19.7 Å². The van der Waals surface area contributed by atoms with Crippen LogP contribution in [0.2, 0.25) is 5.15 Å². The smallest absolute Gasteiger partial charge is 0.195 e. The van der Waals surface area contributed by atoms with Gasteiger partial charge in [-0.2, -0.15) is 13.5 Å². The minimum absolute atomic E-state index is 0. The Bertz CT molecular complexity index is 1540. The van der Waals surface area contributed by atoms with Crippen LogP contribution in [0, 0.1) is 19.7 Å². The van der Waals surface area contributed by atoms with E-state index in [0.29, 0.717) is 24.3 Å². The molecule has 40 heavy (non-hydrogen) atoms. The molecule has 0 N–H and O–H groups in total. The van der Waals surface area contributed by atoms with E-state index in [1.807, 2.05) is 63.0 Å². The first-order valence-corrected chi connectivity index (χ1v) is 13.8. The molecule has 0 unspecified atom stereocenters. The van der Waals surface area contributed by atoms with Crippen LogP contribution in [0.4, 0.5) is 10.1 Å². The molecule has 1 saturated heterocycles. The highest BCUT2D eigenvalue weighted by atomic mass is 35.5. The van der Waals surface area contributed by atoms with Crippen molar-refractivity contribution in [3.05, 3.63) is 92.6 Å². The average molecular weight is 583 g/mol. The molecule has 0 amide bonds. The number of aromatic nitrogens is 4. The Labute approximate surface area is 246 Å². The summed E-state index contributed by atoms with van der Waals surface area (Å²) in [5, 5.41) is 0.0189. The second kappa shape index (κ2) is 12.7. The summed E-state index contributed by atoms with van der Waals surface area (Å²) in [6, 6.07) is 9.72. The number of piperidine rings is 1. The second-order valence-corrected chi connectivity index (χ2v) is 11.1. The molecule has 0 aliphatic carbocycles. The first-order chi connectivity index (χ1) is 18.7. The van der Waals surface area contributed by atoms with Crippen LogP contribution in [0.25, 0.3) is 11.0 Å². The fourth-order valence-electron chi connectivity index (χ4n) is 5.39. The van der Waals surface area contributed by atoms with E-state index in [4.69, 9.17) is 11.6 Å². The van der Waals surface area contributed by atoms with E-state index in [1.54, 1.807) is 0 Å². The Balaban J connectivity index is 0.00000370. The minimum Gasteiger partial charge on any atom is -0.369 e. The summed E-state index contributed by atoms with van der Waals surface area (Å²) in [7, 11) is 0. The van der Waals surface area contributed by atoms with Crippen LogP contribution in [0.1, 0.15) is 55.2 Å². The number of rotatable bonds is 7. The molecule has 4 aromatic rings. The third-order valence-electron chi connectivity index (χ3n) is 7.44. The summed E-state index contributed by atoms with van der Waals surface area (Å²) in [6.07, 6.45) is 7.68. The number of hydrogen-bond acceptors (Lipinski definition) is 6. The van der Waals surface area contributed by atoms with Crippen molar-refractivity contribution in [3.63, 3.8) is 0 Å². The van der Waals surface area contributed by atoms with Crippen LogP contribution in [0.15, 0.2) is 53.7 Å². The molecule has 0 bridgehead atoms. The van der Waals surface area contributed by atoms with Crippen LogP contribution in [0.5, 0.6) is 0 Å². The van der Waals surface area contributed by atoms with Gasteiger partial charge in [0.2, 0.25) is 0 Å². The van der Waals surface area contributed by atoms with Crippen LogP contribution >= 0.6 is 25.1 Å². The number of halogens is 2. The number of aryl methyl sites for hydroxylation is 2. The first-order valence-electron chi connectivity index (χ1n) is 13.4. The molecule has 0 radical (unpaired) electrons. The maximum atomic E-state index is 14.4. The van der Waals surface area contributed by atoms with Gasteiger partial charge in [-0.25, -0.2) is 9.37 Å². The zero-order valence-corrected chi connectivity index (χ0v) is 25.1. The molecule has 7 nitrogen and oxygen atoms in total. The number of fused-ring (bicyclic) bond motifs is 1. The maximum absolute atomic E-state index is 14.4. The Morgan fingerprint density at radius 3 is 2.62 bits per heavy atom. The first kappa shape index (κ1) is 30.0. The molecular formula is C30H36ClFN6OS. The largest absolute Gasteiger partial charge is 0.369 e. The lowest BCUT2D eigenvalue weighted by atomic mass is 10.0. The number of anilines is 1. The van der Waals surface area contributed by atoms with Gasteiger partial charge in [-0.15, -0.1) is 0 Å². The summed E-state index contributed by atoms with van der Waals surface area (Å²) in [6.45, 7) is 10.9. The van der Waals surface area contributed by atoms with Gasteiger partial charge in [-0.05, 0) is 76.4 Å². The van der Waals surface area contributed by atoms with Crippen molar-refractivity contribution in [2.24, 2.45) is 0 Å². The molecule has 4 aromatic heterocycles. The van der Waals surface area contributed by atoms with Crippen molar-refractivity contribution in [1.29, 1.82) is 0 Å². The Hall–Kier alpha value is -3.01. The molecule has 1 aliphatic rings. The SMILES string of the molecule is Cc1ccc(N2CCC[C@H](N(Cc3ccnc(C)c3)Cc3cn(C(C)C)c4nc(Cl)c(F)cc4c3=O)C2)cn1.S. The molecule has 1 atom stereocenters. The van der Waals surface area contributed by atoms with Crippen molar-refractivity contribution >= 4 is 41.8 Å². The minimum atomic E-state index is -0.688. The molecule has 212 valence electrons. The van der Waals surface area contributed by atoms with E-state index in [2.05, 4.69) is 36.9 Å². The average Bonchev–Trinajstić information content (AvgIpc) is 2.91. The van der Waals surface area contributed by atoms with Crippen LogP contribution in [-0.4, -0.2) is 43.6 Å². The van der Waals surface area contributed by atoms with E-state index < -0.39 is 5.82 Å². The fraction of sp³-hybridized carbons (Fsp3) is 0.400. The van der Waals surface area contributed by atoms with Gasteiger partial charge >= 0.3 is 0 Å². The summed E-state index contributed by atoms with van der Waals surface area (Å²) in [5.41, 5.74) is 4.99. The summed E-state index contributed by atoms with van der Waals surface area (Å²) in [4.78, 5) is 31.5. The quantitative estimate of drug-likeness (QED) is 0.250. The third-order valence-corrected chi connectivity index (χ3v) is 7.70. The van der Waals surface area contributed by atoms with Crippen LogP contribution in [-0.2, 0) is 13.1 Å². The lowest BCUT2D eigenvalue weighted by molar-refractivity contribution is 0.158. The van der Waals surface area contributed by atoms with E-state index >= 15 is 0 Å². The highest BCUT2D eigenvalue weighted by Gasteiger charge is 2.27. The lowest BCUT2D eigenvalue weighted by Gasteiger charge is -2.40. The summed E-state index contributed by atoms with van der Waals surface area (Å²) >= 11 is 5.99. The lowest BCUT2D eigenvalue weighted by Crippen LogP contribution is -2.48. The van der Waals surface area contributed by atoms with Gasteiger partial charge < -0.3 is 9.47 Å². The van der Waals surface area contributed by atoms with Gasteiger partial charge in [0.25, 0.3) is 0 Å². The van der Waals surface area contributed by atoms with E-state index in [9.17, 15) is 9.18 Å². The Morgan fingerprint density at radius 1 is 1.12 bits per heavy atom. The van der Waals surface area contributed by atoms with Crippen LogP contribution < -0.4 is 10.3 Å². The zero-order valence-electron chi connectivity index (χ0n) is 23.4. The van der Waals surface area contributed by atoms with Crippen LogP contribution in [0.3, 0.4) is 0 Å². The molecular weight excluding hydrogens is 547 g/mol. The molecule has 5 rings (SSSR count). The highest BCUT2D eigenvalue weighted by molar-refractivity contribution is 7.59. The zero-order chi connectivity index (χ0) is 27.7. The monoisotopic (exact) mass is 582 g/mol. The maximum Gasteiger partial charge on any atom is 0.195 e. The van der Waals surface area contributed by atoms with Crippen molar-refractivity contribution in [3.8, 4) is 0 Å². The topological polar surface area (TPSA) is 67.2 Å². The molecule has 0 spiro atoms. The molecule has 0 saturated carbocycles. The van der Waals surface area contributed by atoms with E-state index in [0.717, 1.165) is 48.6 Å². The summed E-state index contributed by atoms with van der Waals surface area (Å²) in [5.74, 6) is -0.688. The third kappa shape index (κ3) is 6.48. The molecule has 0 aromatic carbocycles. The van der Waals surface area contributed by atoms with Crippen molar-refractivity contribution in [1.82, 2.24) is 24.4 Å². The Morgan fingerprint density at radius 2 is 1.93 bits per heavy atom. The van der Waals surface area contributed by atoms with Gasteiger partial charge in [0.1, 0.15) is 5.65 Å². The van der Waals surface area contributed by atoms with Gasteiger partial charge in [-0.1, -0.05) is 11.6 Å². The number of pyridine rings is 4. The van der Waals surface area contributed by atoms with E-state index in [-0.39, 0.29) is 41.5 Å². The second-order valence-electron chi connectivity index (χ2n) is 10.7. The Kier molecular flexibility index (Phi) is 9.48. The molecule has 10 heteroatoms. The van der Waals surface area contributed by atoms with Crippen molar-refractivity contribution in [2.45, 2.75) is 65.7 Å². The number of hydrogen-bond donors (Lipinski definition) is 0.